The summed E-state index contributed by atoms with van der Waals surface area (Å²) in [5.41, 5.74) is 3.61. The highest BCUT2D eigenvalue weighted by Crippen LogP contribution is 2.18. The third kappa shape index (κ3) is 3.95. The van der Waals surface area contributed by atoms with Gasteiger partial charge >= 0.3 is 0 Å². The Balaban J connectivity index is 2.07. The van der Waals surface area contributed by atoms with E-state index in [2.05, 4.69) is 50.2 Å². The van der Waals surface area contributed by atoms with Crippen molar-refractivity contribution in [2.45, 2.75) is 26.3 Å². The quantitative estimate of drug-likeness (QED) is 0.733. The van der Waals surface area contributed by atoms with Gasteiger partial charge in [-0.05, 0) is 37.1 Å². The molecule has 104 valence electrons. The van der Waals surface area contributed by atoms with Crippen LogP contribution in [0.4, 0.5) is 0 Å². The van der Waals surface area contributed by atoms with Crippen LogP contribution in [0.25, 0.3) is 0 Å². The molecular weight excluding hydrogens is 246 g/mol. The SMILES string of the molecule is COc1cccc(C/C(C)=N/C(C)c2ccccc2)c1. The molecule has 0 spiro atoms. The Morgan fingerprint density at radius 3 is 2.55 bits per heavy atom. The summed E-state index contributed by atoms with van der Waals surface area (Å²) in [6.45, 7) is 4.21. The van der Waals surface area contributed by atoms with E-state index < -0.39 is 0 Å². The van der Waals surface area contributed by atoms with Crippen molar-refractivity contribution in [1.29, 1.82) is 0 Å². The van der Waals surface area contributed by atoms with E-state index in [4.69, 9.17) is 9.73 Å². The van der Waals surface area contributed by atoms with Gasteiger partial charge < -0.3 is 4.74 Å². The molecule has 0 aliphatic carbocycles. The predicted octanol–water partition coefficient (Wildman–Crippen LogP) is 4.46. The monoisotopic (exact) mass is 267 g/mol. The van der Waals surface area contributed by atoms with Crippen molar-refractivity contribution in [3.63, 3.8) is 0 Å². The maximum Gasteiger partial charge on any atom is 0.119 e. The molecule has 0 aliphatic rings. The highest BCUT2D eigenvalue weighted by Gasteiger charge is 2.04. The number of aliphatic imine (C=N–C) groups is 1. The molecule has 2 heteroatoms. The number of nitrogens with zero attached hydrogens (tertiary/aromatic N) is 1. The van der Waals surface area contributed by atoms with Crippen LogP contribution in [0.15, 0.2) is 59.6 Å². The fourth-order valence-electron chi connectivity index (χ4n) is 2.26. The fraction of sp³-hybridized carbons (Fsp3) is 0.278. The molecule has 0 radical (unpaired) electrons. The smallest absolute Gasteiger partial charge is 0.119 e. The van der Waals surface area contributed by atoms with Gasteiger partial charge in [-0.15, -0.1) is 0 Å². The van der Waals surface area contributed by atoms with Crippen molar-refractivity contribution in [1.82, 2.24) is 0 Å². The number of ether oxygens (including phenoxy) is 1. The summed E-state index contributed by atoms with van der Waals surface area (Å²) in [7, 11) is 1.69. The largest absolute Gasteiger partial charge is 0.497 e. The molecule has 0 heterocycles. The molecule has 1 atom stereocenters. The van der Waals surface area contributed by atoms with E-state index >= 15 is 0 Å². The maximum atomic E-state index is 5.25. The molecule has 0 saturated heterocycles. The van der Waals surface area contributed by atoms with Crippen LogP contribution >= 0.6 is 0 Å². The molecule has 0 saturated carbocycles. The average Bonchev–Trinajstić information content (AvgIpc) is 2.48. The van der Waals surface area contributed by atoms with E-state index in [9.17, 15) is 0 Å². The van der Waals surface area contributed by atoms with E-state index in [-0.39, 0.29) is 6.04 Å². The summed E-state index contributed by atoms with van der Waals surface area (Å²) in [6.07, 6.45) is 0.856. The number of hydrogen-bond donors (Lipinski definition) is 0. The van der Waals surface area contributed by atoms with Crippen LogP contribution in [0.3, 0.4) is 0 Å². The Kier molecular flexibility index (Phi) is 4.94. The van der Waals surface area contributed by atoms with Crippen LogP contribution in [0.2, 0.25) is 0 Å². The lowest BCUT2D eigenvalue weighted by atomic mass is 10.1. The van der Waals surface area contributed by atoms with Crippen molar-refractivity contribution in [2.75, 3.05) is 7.11 Å². The van der Waals surface area contributed by atoms with Gasteiger partial charge in [-0.25, -0.2) is 0 Å². The van der Waals surface area contributed by atoms with Crippen LogP contribution in [0.1, 0.15) is 31.0 Å². The van der Waals surface area contributed by atoms with Crippen LogP contribution in [0, 0.1) is 0 Å². The molecule has 0 fully saturated rings. The summed E-state index contributed by atoms with van der Waals surface area (Å²) in [6, 6.07) is 18.7. The highest BCUT2D eigenvalue weighted by atomic mass is 16.5. The van der Waals surface area contributed by atoms with Crippen LogP contribution in [-0.2, 0) is 6.42 Å². The van der Waals surface area contributed by atoms with Gasteiger partial charge in [0, 0.05) is 12.1 Å². The lowest BCUT2D eigenvalue weighted by Gasteiger charge is -2.09. The molecular formula is C18H21NO. The van der Waals surface area contributed by atoms with Gasteiger partial charge in [-0.3, -0.25) is 4.99 Å². The van der Waals surface area contributed by atoms with Gasteiger partial charge in [0.15, 0.2) is 0 Å². The first-order valence-electron chi connectivity index (χ1n) is 6.90. The minimum atomic E-state index is 0.196. The highest BCUT2D eigenvalue weighted by molar-refractivity contribution is 5.84. The molecule has 0 aliphatic heterocycles. The third-order valence-corrected chi connectivity index (χ3v) is 3.29. The Hall–Kier alpha value is -2.09. The Labute approximate surface area is 121 Å². The first-order valence-corrected chi connectivity index (χ1v) is 6.90. The van der Waals surface area contributed by atoms with Crippen LogP contribution < -0.4 is 4.74 Å². The molecule has 2 nitrogen and oxygen atoms in total. The second-order valence-electron chi connectivity index (χ2n) is 4.98. The molecule has 2 aromatic carbocycles. The zero-order valence-corrected chi connectivity index (χ0v) is 12.3. The number of benzene rings is 2. The lowest BCUT2D eigenvalue weighted by Crippen LogP contribution is -2.01. The molecule has 2 rings (SSSR count). The molecule has 2 aromatic rings. The van der Waals surface area contributed by atoms with Crippen molar-refractivity contribution < 1.29 is 4.74 Å². The predicted molar refractivity (Wildman–Crippen MR) is 84.7 cm³/mol. The average molecular weight is 267 g/mol. The van der Waals surface area contributed by atoms with Crippen LogP contribution in [-0.4, -0.2) is 12.8 Å². The number of rotatable bonds is 5. The first kappa shape index (κ1) is 14.3. The standard InChI is InChI=1S/C18H21NO/c1-14(12-16-8-7-11-18(13-16)20-3)19-15(2)17-9-5-4-6-10-17/h4-11,13,15H,12H2,1-3H3/b19-14+. The van der Waals surface area contributed by atoms with Crippen molar-refractivity contribution in [2.24, 2.45) is 4.99 Å². The van der Waals surface area contributed by atoms with Gasteiger partial charge in [-0.2, -0.15) is 0 Å². The van der Waals surface area contributed by atoms with Gasteiger partial charge in [-0.1, -0.05) is 42.5 Å². The summed E-state index contributed by atoms with van der Waals surface area (Å²) < 4.78 is 5.25. The third-order valence-electron chi connectivity index (χ3n) is 3.29. The maximum absolute atomic E-state index is 5.25. The lowest BCUT2D eigenvalue weighted by molar-refractivity contribution is 0.414. The Bertz CT molecular complexity index is 575. The van der Waals surface area contributed by atoms with E-state index in [0.29, 0.717) is 0 Å². The minimum absolute atomic E-state index is 0.196. The fourth-order valence-corrected chi connectivity index (χ4v) is 2.26. The van der Waals surface area contributed by atoms with Crippen molar-refractivity contribution >= 4 is 5.71 Å². The molecule has 20 heavy (non-hydrogen) atoms. The molecule has 0 amide bonds. The van der Waals surface area contributed by atoms with Crippen LogP contribution in [0.5, 0.6) is 5.75 Å². The zero-order chi connectivity index (χ0) is 14.4. The normalized spacial score (nSPS) is 13.1. The van der Waals surface area contributed by atoms with Gasteiger partial charge in [0.05, 0.1) is 13.2 Å². The summed E-state index contributed by atoms with van der Waals surface area (Å²) in [5, 5.41) is 0. The minimum Gasteiger partial charge on any atom is -0.497 e. The summed E-state index contributed by atoms with van der Waals surface area (Å²) in [4.78, 5) is 4.77. The van der Waals surface area contributed by atoms with Gasteiger partial charge in [0.25, 0.3) is 0 Å². The Morgan fingerprint density at radius 2 is 1.85 bits per heavy atom. The van der Waals surface area contributed by atoms with E-state index in [0.717, 1.165) is 17.9 Å². The molecule has 0 aromatic heterocycles. The summed E-state index contributed by atoms with van der Waals surface area (Å²) >= 11 is 0. The first-order chi connectivity index (χ1) is 9.69. The second kappa shape index (κ2) is 6.90. The van der Waals surface area contributed by atoms with Crippen molar-refractivity contribution in [3.05, 3.63) is 65.7 Å². The Morgan fingerprint density at radius 1 is 1.10 bits per heavy atom. The number of hydrogen-bond acceptors (Lipinski definition) is 2. The second-order valence-corrected chi connectivity index (χ2v) is 4.98. The van der Waals surface area contributed by atoms with Crippen molar-refractivity contribution in [3.8, 4) is 5.75 Å². The molecule has 1 unspecified atom stereocenters. The molecule has 0 N–H and O–H groups in total. The topological polar surface area (TPSA) is 21.6 Å². The van der Waals surface area contributed by atoms with Gasteiger partial charge in [0.1, 0.15) is 5.75 Å². The van der Waals surface area contributed by atoms with E-state index in [1.807, 2.05) is 18.2 Å². The zero-order valence-electron chi connectivity index (χ0n) is 12.3. The van der Waals surface area contributed by atoms with E-state index in [1.54, 1.807) is 7.11 Å². The molecule has 0 bridgehead atoms. The number of methoxy groups -OCH3 is 1. The van der Waals surface area contributed by atoms with Gasteiger partial charge in [0.2, 0.25) is 0 Å². The summed E-state index contributed by atoms with van der Waals surface area (Å²) in [5.74, 6) is 0.895. The van der Waals surface area contributed by atoms with E-state index in [1.165, 1.54) is 11.1 Å².